The number of nitrogens with zero attached hydrogens (tertiary/aromatic N) is 2. The van der Waals surface area contributed by atoms with Crippen molar-refractivity contribution in [2.24, 2.45) is 0 Å². The highest BCUT2D eigenvalue weighted by molar-refractivity contribution is 9.10. The summed E-state index contributed by atoms with van der Waals surface area (Å²) >= 11 is 3.32. The fourth-order valence-corrected chi connectivity index (χ4v) is 2.23. The van der Waals surface area contributed by atoms with E-state index in [9.17, 15) is 14.4 Å². The van der Waals surface area contributed by atoms with Crippen molar-refractivity contribution < 1.29 is 19.5 Å². The Hall–Kier alpha value is -2.42. The van der Waals surface area contributed by atoms with Crippen LogP contribution in [0.25, 0.3) is 5.65 Å². The van der Waals surface area contributed by atoms with Gasteiger partial charge >= 0.3 is 5.97 Å². The van der Waals surface area contributed by atoms with E-state index >= 15 is 0 Å². The van der Waals surface area contributed by atoms with Crippen LogP contribution in [-0.4, -0.2) is 45.4 Å². The van der Waals surface area contributed by atoms with E-state index in [1.165, 1.54) is 0 Å². The van der Waals surface area contributed by atoms with E-state index in [0.29, 0.717) is 17.0 Å². The predicted octanol–water partition coefficient (Wildman–Crippen LogP) is 0.336. The lowest BCUT2D eigenvalue weighted by Crippen LogP contribution is -2.39. The van der Waals surface area contributed by atoms with E-state index in [4.69, 9.17) is 5.11 Å². The van der Waals surface area contributed by atoms with Crippen LogP contribution < -0.4 is 10.6 Å². The molecule has 2 rings (SSSR count). The first-order valence-corrected chi connectivity index (χ1v) is 7.08. The monoisotopic (exact) mass is 368 g/mol. The molecular formula is C13H13BrN4O4. The lowest BCUT2D eigenvalue weighted by Gasteiger charge is -2.06. The van der Waals surface area contributed by atoms with Crippen LogP contribution in [0.2, 0.25) is 0 Å². The maximum Gasteiger partial charge on any atom is 0.322 e. The van der Waals surface area contributed by atoms with Gasteiger partial charge in [-0.1, -0.05) is 0 Å². The fourth-order valence-electron chi connectivity index (χ4n) is 1.89. The standard InChI is InChI=1S/C13H13BrN4O4/c1-7-12(18-6-8(14)2-3-9(18)17-7)13(22)16-4-10(19)15-5-11(20)21/h2-3,6H,4-5H2,1H3,(H,15,19)(H,16,22)(H,20,21). The van der Waals surface area contributed by atoms with Gasteiger partial charge in [-0.25, -0.2) is 4.98 Å². The van der Waals surface area contributed by atoms with E-state index in [1.807, 2.05) is 6.07 Å². The first-order chi connectivity index (χ1) is 10.4. The van der Waals surface area contributed by atoms with Crippen molar-refractivity contribution in [3.63, 3.8) is 0 Å². The van der Waals surface area contributed by atoms with Gasteiger partial charge in [-0.05, 0) is 35.0 Å². The number of hydrogen-bond donors (Lipinski definition) is 3. The molecule has 8 nitrogen and oxygen atoms in total. The number of aryl methyl sites for hydroxylation is 1. The number of carboxylic acid groups (broad SMARTS) is 1. The van der Waals surface area contributed by atoms with Crippen LogP contribution in [0, 0.1) is 6.92 Å². The largest absolute Gasteiger partial charge is 0.480 e. The highest BCUT2D eigenvalue weighted by Crippen LogP contribution is 2.16. The van der Waals surface area contributed by atoms with Gasteiger partial charge < -0.3 is 15.7 Å². The molecule has 0 atom stereocenters. The van der Waals surface area contributed by atoms with Gasteiger partial charge in [-0.15, -0.1) is 0 Å². The van der Waals surface area contributed by atoms with Crippen molar-refractivity contribution in [3.8, 4) is 0 Å². The Kier molecular flexibility index (Phi) is 4.76. The smallest absolute Gasteiger partial charge is 0.322 e. The minimum atomic E-state index is -1.15. The third-order valence-corrected chi connectivity index (χ3v) is 3.29. The van der Waals surface area contributed by atoms with Crippen molar-refractivity contribution in [1.82, 2.24) is 20.0 Å². The van der Waals surface area contributed by atoms with Gasteiger partial charge in [-0.2, -0.15) is 0 Å². The number of pyridine rings is 1. The lowest BCUT2D eigenvalue weighted by molar-refractivity contribution is -0.137. The topological polar surface area (TPSA) is 113 Å². The number of imidazole rings is 1. The average Bonchev–Trinajstić information content (AvgIpc) is 2.77. The van der Waals surface area contributed by atoms with Gasteiger partial charge in [0.15, 0.2) is 0 Å². The zero-order chi connectivity index (χ0) is 16.3. The molecule has 3 N–H and O–H groups in total. The molecule has 9 heteroatoms. The molecule has 0 fully saturated rings. The van der Waals surface area contributed by atoms with E-state index in [-0.39, 0.29) is 6.54 Å². The summed E-state index contributed by atoms with van der Waals surface area (Å²) in [5.74, 6) is -2.20. The minimum absolute atomic E-state index is 0.313. The van der Waals surface area contributed by atoms with Crippen molar-refractivity contribution >= 4 is 39.4 Å². The van der Waals surface area contributed by atoms with Gasteiger partial charge in [0.25, 0.3) is 5.91 Å². The summed E-state index contributed by atoms with van der Waals surface area (Å²) < 4.78 is 2.40. The molecule has 2 aromatic rings. The van der Waals surface area contributed by atoms with Crippen LogP contribution in [0.4, 0.5) is 0 Å². The number of amides is 2. The van der Waals surface area contributed by atoms with Crippen molar-refractivity contribution in [1.29, 1.82) is 0 Å². The van der Waals surface area contributed by atoms with Gasteiger partial charge in [-0.3, -0.25) is 18.8 Å². The summed E-state index contributed by atoms with van der Waals surface area (Å²) in [4.78, 5) is 38.2. The highest BCUT2D eigenvalue weighted by atomic mass is 79.9. The number of rotatable bonds is 5. The zero-order valence-electron chi connectivity index (χ0n) is 11.6. The van der Waals surface area contributed by atoms with Gasteiger partial charge in [0.1, 0.15) is 17.9 Å². The summed E-state index contributed by atoms with van der Waals surface area (Å²) in [6.45, 7) is 0.892. The molecule has 0 saturated carbocycles. The Balaban J connectivity index is 2.10. The molecule has 0 spiro atoms. The number of aliphatic carboxylic acids is 1. The Bertz CT molecular complexity index is 756. The maximum absolute atomic E-state index is 12.2. The molecule has 0 aliphatic carbocycles. The molecule has 2 heterocycles. The zero-order valence-corrected chi connectivity index (χ0v) is 13.2. The number of carbonyl (C=O) groups excluding carboxylic acids is 2. The molecule has 22 heavy (non-hydrogen) atoms. The fraction of sp³-hybridized carbons (Fsp3) is 0.231. The molecule has 0 aromatic carbocycles. The van der Waals surface area contributed by atoms with Crippen molar-refractivity contribution in [3.05, 3.63) is 34.2 Å². The molecule has 2 aromatic heterocycles. The first kappa shape index (κ1) is 16.0. The molecule has 2 amide bonds. The van der Waals surface area contributed by atoms with Crippen molar-refractivity contribution in [2.75, 3.05) is 13.1 Å². The average molecular weight is 369 g/mol. The van der Waals surface area contributed by atoms with E-state index in [2.05, 4.69) is 31.5 Å². The summed E-state index contributed by atoms with van der Waals surface area (Å²) in [7, 11) is 0. The van der Waals surface area contributed by atoms with Crippen LogP contribution in [-0.2, 0) is 9.59 Å². The first-order valence-electron chi connectivity index (χ1n) is 6.29. The quantitative estimate of drug-likeness (QED) is 0.704. The normalized spacial score (nSPS) is 10.5. The Morgan fingerprint density at radius 1 is 1.27 bits per heavy atom. The second-order valence-electron chi connectivity index (χ2n) is 4.47. The summed E-state index contributed by atoms with van der Waals surface area (Å²) in [5, 5.41) is 13.1. The molecule has 0 radical (unpaired) electrons. The second-order valence-corrected chi connectivity index (χ2v) is 5.39. The lowest BCUT2D eigenvalue weighted by atomic mass is 10.3. The van der Waals surface area contributed by atoms with Crippen molar-refractivity contribution in [2.45, 2.75) is 6.92 Å². The molecular weight excluding hydrogens is 356 g/mol. The number of aromatic nitrogens is 2. The number of nitrogens with one attached hydrogen (secondary N) is 2. The highest BCUT2D eigenvalue weighted by Gasteiger charge is 2.17. The van der Waals surface area contributed by atoms with Gasteiger partial charge in [0, 0.05) is 10.7 Å². The third kappa shape index (κ3) is 3.61. The molecule has 116 valence electrons. The van der Waals surface area contributed by atoms with Gasteiger partial charge in [0.05, 0.1) is 12.2 Å². The van der Waals surface area contributed by atoms with Crippen LogP contribution in [0.5, 0.6) is 0 Å². The number of carbonyl (C=O) groups is 3. The Morgan fingerprint density at radius 2 is 2.00 bits per heavy atom. The van der Waals surface area contributed by atoms with Crippen LogP contribution in [0.1, 0.15) is 16.2 Å². The van der Waals surface area contributed by atoms with Crippen LogP contribution in [0.3, 0.4) is 0 Å². The summed E-state index contributed by atoms with van der Waals surface area (Å²) in [6.07, 6.45) is 1.70. The predicted molar refractivity (Wildman–Crippen MR) is 80.6 cm³/mol. The van der Waals surface area contributed by atoms with E-state index in [0.717, 1.165) is 4.47 Å². The molecule has 0 bridgehead atoms. The molecule has 0 aliphatic heterocycles. The summed E-state index contributed by atoms with van der Waals surface area (Å²) in [6, 6.07) is 3.57. The van der Waals surface area contributed by atoms with E-state index < -0.39 is 24.3 Å². The molecule has 0 saturated heterocycles. The number of hydrogen-bond acceptors (Lipinski definition) is 4. The second kappa shape index (κ2) is 6.56. The van der Waals surface area contributed by atoms with Crippen LogP contribution >= 0.6 is 15.9 Å². The van der Waals surface area contributed by atoms with Gasteiger partial charge in [0.2, 0.25) is 5.91 Å². The SMILES string of the molecule is Cc1nc2ccc(Br)cn2c1C(=O)NCC(=O)NCC(=O)O. The number of halogens is 1. The third-order valence-electron chi connectivity index (χ3n) is 2.82. The molecule has 0 unspecified atom stereocenters. The van der Waals surface area contributed by atoms with E-state index in [1.54, 1.807) is 23.6 Å². The minimum Gasteiger partial charge on any atom is -0.480 e. The van der Waals surface area contributed by atoms with Crippen LogP contribution in [0.15, 0.2) is 22.8 Å². The maximum atomic E-state index is 12.2. The summed E-state index contributed by atoms with van der Waals surface area (Å²) in [5.41, 5.74) is 1.46. The number of carboxylic acids is 1. The Labute approximate surface area is 133 Å². The molecule has 0 aliphatic rings. The number of fused-ring (bicyclic) bond motifs is 1. The Morgan fingerprint density at radius 3 is 2.68 bits per heavy atom.